The molecular formula is C28H28BrN5O4. The highest BCUT2D eigenvalue weighted by molar-refractivity contribution is 9.10. The number of hydrazine groups is 1. The zero-order chi connectivity index (χ0) is 27.0. The van der Waals surface area contributed by atoms with Crippen molar-refractivity contribution in [2.45, 2.75) is 20.4 Å². The Hall–Kier alpha value is -3.76. The second-order valence-corrected chi connectivity index (χ2v) is 10.4. The molecule has 2 aliphatic heterocycles. The molecule has 196 valence electrons. The van der Waals surface area contributed by atoms with Gasteiger partial charge in [0.25, 0.3) is 17.7 Å². The summed E-state index contributed by atoms with van der Waals surface area (Å²) < 4.78 is 6.14. The van der Waals surface area contributed by atoms with Crippen molar-refractivity contribution in [1.82, 2.24) is 19.8 Å². The molecule has 9 nitrogen and oxygen atoms in total. The van der Waals surface area contributed by atoms with E-state index in [2.05, 4.69) is 31.2 Å². The van der Waals surface area contributed by atoms with Crippen molar-refractivity contribution < 1.29 is 19.1 Å². The summed E-state index contributed by atoms with van der Waals surface area (Å²) in [6.07, 6.45) is 0. The van der Waals surface area contributed by atoms with Crippen molar-refractivity contribution in [2.24, 2.45) is 0 Å². The number of fused-ring (bicyclic) bond motifs is 1. The normalized spacial score (nSPS) is 16.5. The third kappa shape index (κ3) is 5.01. The molecule has 3 heterocycles. The van der Waals surface area contributed by atoms with Crippen molar-refractivity contribution in [2.75, 3.05) is 38.7 Å². The van der Waals surface area contributed by atoms with E-state index in [1.54, 1.807) is 33.1 Å². The molecule has 1 saturated heterocycles. The highest BCUT2D eigenvalue weighted by atomic mass is 79.9. The Labute approximate surface area is 229 Å². The van der Waals surface area contributed by atoms with Gasteiger partial charge in [0.05, 0.1) is 12.6 Å². The molecule has 0 unspecified atom stereocenters. The van der Waals surface area contributed by atoms with Crippen LogP contribution in [0, 0.1) is 0 Å². The summed E-state index contributed by atoms with van der Waals surface area (Å²) >= 11 is 3.51. The quantitative estimate of drug-likeness (QED) is 0.442. The number of ether oxygens (including phenoxy) is 1. The predicted molar refractivity (Wildman–Crippen MR) is 147 cm³/mol. The van der Waals surface area contributed by atoms with E-state index in [0.717, 1.165) is 25.9 Å². The SMILES string of the molecule is COc1cccc(C(=O)N2CCN(Cc3cc(NN4C(=O)C(C)=C(C)C4=O)nc4cc(Br)ccc34)CC2)c1. The van der Waals surface area contributed by atoms with Gasteiger partial charge in [-0.25, -0.2) is 4.98 Å². The molecule has 0 spiro atoms. The molecule has 3 aromatic rings. The number of aromatic nitrogens is 1. The van der Waals surface area contributed by atoms with Crippen molar-refractivity contribution >= 4 is 50.4 Å². The van der Waals surface area contributed by atoms with Gasteiger partial charge in [-0.3, -0.25) is 24.7 Å². The molecular weight excluding hydrogens is 550 g/mol. The van der Waals surface area contributed by atoms with E-state index in [9.17, 15) is 14.4 Å². The van der Waals surface area contributed by atoms with Gasteiger partial charge < -0.3 is 9.64 Å². The zero-order valence-corrected chi connectivity index (χ0v) is 23.0. The molecule has 0 saturated carbocycles. The molecule has 38 heavy (non-hydrogen) atoms. The smallest absolute Gasteiger partial charge is 0.275 e. The first kappa shape index (κ1) is 25.9. The van der Waals surface area contributed by atoms with Gasteiger partial charge in [0.2, 0.25) is 0 Å². The number of anilines is 1. The Morgan fingerprint density at radius 1 is 1.00 bits per heavy atom. The number of rotatable bonds is 6. The maximum absolute atomic E-state index is 13.0. The number of halogens is 1. The average Bonchev–Trinajstić information content (AvgIpc) is 3.10. The first-order chi connectivity index (χ1) is 18.2. The molecule has 2 aromatic carbocycles. The topological polar surface area (TPSA) is 95.1 Å². The van der Waals surface area contributed by atoms with Crippen LogP contribution in [0.25, 0.3) is 10.9 Å². The van der Waals surface area contributed by atoms with Crippen LogP contribution >= 0.6 is 15.9 Å². The molecule has 3 amide bonds. The van der Waals surface area contributed by atoms with Crippen molar-refractivity contribution in [1.29, 1.82) is 0 Å². The number of imide groups is 1. The highest BCUT2D eigenvalue weighted by Crippen LogP contribution is 2.28. The standard InChI is InChI=1S/C28H28BrN5O4/c1-17-18(2)27(36)34(26(17)35)31-25-14-20(23-8-7-21(29)15-24(23)30-25)16-32-9-11-33(12-10-32)28(37)19-5-4-6-22(13-19)38-3/h4-8,13-15H,9-12,16H2,1-3H3,(H,30,31). The number of carbonyl (C=O) groups is 3. The van der Waals surface area contributed by atoms with E-state index in [4.69, 9.17) is 4.74 Å². The third-order valence-corrected chi connectivity index (χ3v) is 7.56. The third-order valence-electron chi connectivity index (χ3n) is 7.06. The lowest BCUT2D eigenvalue weighted by atomic mass is 10.1. The lowest BCUT2D eigenvalue weighted by Gasteiger charge is -2.35. The number of hydrogen-bond donors (Lipinski definition) is 1. The maximum Gasteiger partial charge on any atom is 0.275 e. The summed E-state index contributed by atoms with van der Waals surface area (Å²) in [6, 6.07) is 15.0. The van der Waals surface area contributed by atoms with Gasteiger partial charge in [0.15, 0.2) is 0 Å². The maximum atomic E-state index is 13.0. The minimum atomic E-state index is -0.373. The molecule has 0 bridgehead atoms. The Balaban J connectivity index is 1.33. The largest absolute Gasteiger partial charge is 0.497 e. The van der Waals surface area contributed by atoms with Crippen LogP contribution in [0.15, 0.2) is 64.1 Å². The number of nitrogens with zero attached hydrogens (tertiary/aromatic N) is 4. The predicted octanol–water partition coefficient (Wildman–Crippen LogP) is 4.00. The van der Waals surface area contributed by atoms with Gasteiger partial charge in [-0.2, -0.15) is 5.01 Å². The van der Waals surface area contributed by atoms with Crippen molar-refractivity contribution in [3.05, 3.63) is 75.3 Å². The molecule has 5 rings (SSSR count). The molecule has 1 N–H and O–H groups in total. The molecule has 10 heteroatoms. The van der Waals surface area contributed by atoms with E-state index in [-0.39, 0.29) is 17.7 Å². The highest BCUT2D eigenvalue weighted by Gasteiger charge is 2.34. The van der Waals surface area contributed by atoms with Crippen LogP contribution in [-0.2, 0) is 16.1 Å². The summed E-state index contributed by atoms with van der Waals surface area (Å²) in [6.45, 7) is 6.56. The van der Waals surface area contributed by atoms with Gasteiger partial charge >= 0.3 is 0 Å². The number of nitrogens with one attached hydrogen (secondary N) is 1. The summed E-state index contributed by atoms with van der Waals surface area (Å²) in [4.78, 5) is 47.0. The molecule has 2 aliphatic rings. The first-order valence-electron chi connectivity index (χ1n) is 12.3. The van der Waals surface area contributed by atoms with Crippen LogP contribution in [0.5, 0.6) is 5.75 Å². The fourth-order valence-electron chi connectivity index (χ4n) is 4.71. The lowest BCUT2D eigenvalue weighted by Crippen LogP contribution is -2.48. The zero-order valence-electron chi connectivity index (χ0n) is 21.5. The second kappa shape index (κ2) is 10.5. The van der Waals surface area contributed by atoms with E-state index in [0.29, 0.717) is 61.0 Å². The summed E-state index contributed by atoms with van der Waals surface area (Å²) in [7, 11) is 1.59. The van der Waals surface area contributed by atoms with Crippen molar-refractivity contribution in [3.63, 3.8) is 0 Å². The lowest BCUT2D eigenvalue weighted by molar-refractivity contribution is -0.135. The number of carbonyl (C=O) groups excluding carboxylic acids is 3. The van der Waals surface area contributed by atoms with E-state index in [1.807, 2.05) is 41.3 Å². The molecule has 0 aliphatic carbocycles. The van der Waals surface area contributed by atoms with Crippen LogP contribution in [0.1, 0.15) is 29.8 Å². The Bertz CT molecular complexity index is 1460. The van der Waals surface area contributed by atoms with Crippen LogP contribution in [-0.4, -0.2) is 70.8 Å². The molecule has 1 aromatic heterocycles. The van der Waals surface area contributed by atoms with Gasteiger partial charge in [-0.05, 0) is 55.8 Å². The number of methoxy groups -OCH3 is 1. The van der Waals surface area contributed by atoms with Gasteiger partial charge in [-0.1, -0.05) is 28.1 Å². The minimum absolute atomic E-state index is 0.00612. The fraction of sp³-hybridized carbons (Fsp3) is 0.286. The molecule has 1 fully saturated rings. The van der Waals surface area contributed by atoms with Gasteiger partial charge in [-0.15, -0.1) is 0 Å². The number of piperazine rings is 1. The number of hydrogen-bond acceptors (Lipinski definition) is 7. The Morgan fingerprint density at radius 2 is 1.71 bits per heavy atom. The van der Waals surface area contributed by atoms with Crippen LogP contribution in [0.3, 0.4) is 0 Å². The first-order valence-corrected chi connectivity index (χ1v) is 13.1. The molecule has 0 radical (unpaired) electrons. The number of amides is 3. The van der Waals surface area contributed by atoms with Gasteiger partial charge in [0, 0.05) is 59.3 Å². The van der Waals surface area contributed by atoms with E-state index >= 15 is 0 Å². The Morgan fingerprint density at radius 3 is 2.39 bits per heavy atom. The Kier molecular flexibility index (Phi) is 7.18. The van der Waals surface area contributed by atoms with Crippen LogP contribution in [0.4, 0.5) is 5.82 Å². The monoisotopic (exact) mass is 577 g/mol. The summed E-state index contributed by atoms with van der Waals surface area (Å²) in [5.74, 6) is 0.326. The summed E-state index contributed by atoms with van der Waals surface area (Å²) in [5.41, 5.74) is 6.14. The van der Waals surface area contributed by atoms with Gasteiger partial charge in [0.1, 0.15) is 11.6 Å². The number of benzene rings is 2. The minimum Gasteiger partial charge on any atom is -0.497 e. The summed E-state index contributed by atoms with van der Waals surface area (Å²) in [5, 5.41) is 2.00. The van der Waals surface area contributed by atoms with Crippen LogP contribution in [0.2, 0.25) is 0 Å². The van der Waals surface area contributed by atoms with Crippen LogP contribution < -0.4 is 10.2 Å². The van der Waals surface area contributed by atoms with Crippen molar-refractivity contribution in [3.8, 4) is 5.75 Å². The van der Waals surface area contributed by atoms with E-state index in [1.165, 1.54) is 0 Å². The number of pyridine rings is 1. The fourth-order valence-corrected chi connectivity index (χ4v) is 5.06. The van der Waals surface area contributed by atoms with E-state index < -0.39 is 0 Å². The second-order valence-electron chi connectivity index (χ2n) is 9.44. The average molecular weight is 578 g/mol. The molecule has 0 atom stereocenters.